The summed E-state index contributed by atoms with van der Waals surface area (Å²) in [5.41, 5.74) is 1.24. The fraction of sp³-hybridized carbons (Fsp3) is 0.353. The summed E-state index contributed by atoms with van der Waals surface area (Å²) in [4.78, 5) is 27.3. The van der Waals surface area contributed by atoms with E-state index in [2.05, 4.69) is 6.07 Å². The van der Waals surface area contributed by atoms with E-state index in [9.17, 15) is 14.7 Å². The lowest BCUT2D eigenvalue weighted by Crippen LogP contribution is -2.18. The van der Waals surface area contributed by atoms with Crippen LogP contribution >= 0.6 is 11.3 Å². The summed E-state index contributed by atoms with van der Waals surface area (Å²) >= 11 is 0.846. The van der Waals surface area contributed by atoms with E-state index in [4.69, 9.17) is 10.1 Å². The molecule has 1 aromatic heterocycles. The molecule has 0 amide bonds. The van der Waals surface area contributed by atoms with Gasteiger partial charge in [-0.1, -0.05) is 23.8 Å². The van der Waals surface area contributed by atoms with Crippen LogP contribution in [0.25, 0.3) is 6.08 Å². The van der Waals surface area contributed by atoms with Crippen LogP contribution in [-0.2, 0) is 11.3 Å². The van der Waals surface area contributed by atoms with Gasteiger partial charge < -0.3 is 10.2 Å². The fourth-order valence-corrected chi connectivity index (χ4v) is 4.49. The number of thiazole rings is 1. The predicted molar refractivity (Wildman–Crippen MR) is 89.0 cm³/mol. The number of carboxylic acids is 1. The molecule has 1 aliphatic heterocycles. The number of aromatic nitrogens is 1. The molecule has 0 bridgehead atoms. The van der Waals surface area contributed by atoms with Gasteiger partial charge in [0, 0.05) is 5.92 Å². The van der Waals surface area contributed by atoms with Crippen LogP contribution in [0.15, 0.2) is 28.0 Å². The van der Waals surface area contributed by atoms with Gasteiger partial charge in [0.1, 0.15) is 6.54 Å². The third-order valence-electron chi connectivity index (χ3n) is 4.72. The van der Waals surface area contributed by atoms with Gasteiger partial charge >= 0.3 is 10.8 Å². The highest BCUT2D eigenvalue weighted by atomic mass is 32.1. The summed E-state index contributed by atoms with van der Waals surface area (Å²) in [5.74, 6) is -0.975. The Balaban J connectivity index is 1.76. The lowest BCUT2D eigenvalue weighted by molar-refractivity contribution is -0.137. The molecule has 4 rings (SSSR count). The minimum atomic E-state index is -1.16. The quantitative estimate of drug-likeness (QED) is 0.861. The number of aromatic hydroxyl groups is 1. The van der Waals surface area contributed by atoms with Gasteiger partial charge in [0.25, 0.3) is 0 Å². The van der Waals surface area contributed by atoms with Gasteiger partial charge in [-0.15, -0.1) is 0 Å². The monoisotopic (exact) mass is 344 g/mol. The summed E-state index contributed by atoms with van der Waals surface area (Å²) in [6, 6.07) is 6.36. The lowest BCUT2D eigenvalue weighted by atomic mass is 9.96. The van der Waals surface area contributed by atoms with E-state index in [0.29, 0.717) is 16.8 Å². The molecule has 6 nitrogen and oxygen atoms in total. The van der Waals surface area contributed by atoms with Crippen LogP contribution in [0.3, 0.4) is 0 Å². The summed E-state index contributed by atoms with van der Waals surface area (Å²) in [6.07, 6.45) is 5.21. The number of hydrogen-bond acceptors (Lipinski definition) is 5. The molecule has 0 spiro atoms. The van der Waals surface area contributed by atoms with E-state index >= 15 is 0 Å². The maximum Gasteiger partial charge on any atom is 0.323 e. The van der Waals surface area contributed by atoms with Crippen LogP contribution in [-0.4, -0.2) is 26.8 Å². The van der Waals surface area contributed by atoms with Crippen molar-refractivity contribution < 1.29 is 15.0 Å². The molecule has 2 aromatic rings. The second-order valence-corrected chi connectivity index (χ2v) is 7.23. The average molecular weight is 344 g/mol. The normalized spacial score (nSPS) is 22.2. The van der Waals surface area contributed by atoms with Gasteiger partial charge in [-0.25, -0.2) is 0 Å². The highest BCUT2D eigenvalue weighted by molar-refractivity contribution is 7.10. The number of nitrogens with zero attached hydrogens (tertiary/aromatic N) is 2. The molecule has 2 unspecified atom stereocenters. The first kappa shape index (κ1) is 15.1. The van der Waals surface area contributed by atoms with E-state index in [1.165, 1.54) is 12.0 Å². The van der Waals surface area contributed by atoms with Crippen LogP contribution in [0.1, 0.15) is 35.6 Å². The van der Waals surface area contributed by atoms with Crippen molar-refractivity contribution in [3.63, 3.8) is 0 Å². The molecule has 2 N–H and O–H groups in total. The summed E-state index contributed by atoms with van der Waals surface area (Å²) < 4.78 is 0.870. The average Bonchev–Trinajstić information content (AvgIpc) is 3.18. The zero-order chi connectivity index (χ0) is 16.8. The van der Waals surface area contributed by atoms with Gasteiger partial charge in [0.15, 0.2) is 0 Å². The maximum absolute atomic E-state index is 11.8. The second-order valence-electron chi connectivity index (χ2n) is 6.23. The molecule has 2 atom stereocenters. The van der Waals surface area contributed by atoms with Crippen molar-refractivity contribution >= 4 is 23.4 Å². The smallest absolute Gasteiger partial charge is 0.323 e. The van der Waals surface area contributed by atoms with Gasteiger partial charge in [-0.3, -0.25) is 19.1 Å². The van der Waals surface area contributed by atoms with Crippen molar-refractivity contribution in [3.05, 3.63) is 48.9 Å². The van der Waals surface area contributed by atoms with Gasteiger partial charge in [-0.05, 0) is 41.8 Å². The van der Waals surface area contributed by atoms with Crippen LogP contribution in [0.2, 0.25) is 0 Å². The second kappa shape index (κ2) is 5.59. The number of fused-ring (bicyclic) bond motifs is 3. The van der Waals surface area contributed by atoms with E-state index in [-0.39, 0.29) is 5.88 Å². The Kier molecular flexibility index (Phi) is 3.53. The molecular formula is C17H16N2O4S. The molecule has 1 fully saturated rings. The molecule has 7 heteroatoms. The van der Waals surface area contributed by atoms with Gasteiger partial charge in [-0.2, -0.15) is 0 Å². The molecule has 1 aromatic carbocycles. The third kappa shape index (κ3) is 2.45. The SMILES string of the molecule is O=C(O)Cn1c(O)c(C=c2ccc3c(c2)C2CCCC2N=3)sc1=O. The zero-order valence-electron chi connectivity index (χ0n) is 12.8. The number of hydrogen-bond donors (Lipinski definition) is 2. The van der Waals surface area contributed by atoms with Crippen molar-refractivity contribution in [1.29, 1.82) is 0 Å². The van der Waals surface area contributed by atoms with Crippen molar-refractivity contribution in [1.82, 2.24) is 4.57 Å². The Morgan fingerprint density at radius 3 is 3.04 bits per heavy atom. The third-order valence-corrected chi connectivity index (χ3v) is 5.64. The molecule has 2 aliphatic rings. The molecule has 24 heavy (non-hydrogen) atoms. The van der Waals surface area contributed by atoms with Gasteiger partial charge in [0.2, 0.25) is 5.88 Å². The van der Waals surface area contributed by atoms with Crippen LogP contribution in [0, 0.1) is 0 Å². The number of carbonyl (C=O) groups is 1. The van der Waals surface area contributed by atoms with E-state index < -0.39 is 17.4 Å². The Bertz CT molecular complexity index is 1000. The van der Waals surface area contributed by atoms with Crippen LogP contribution < -0.4 is 15.4 Å². The zero-order valence-corrected chi connectivity index (χ0v) is 13.6. The largest absolute Gasteiger partial charge is 0.493 e. The summed E-state index contributed by atoms with van der Waals surface area (Å²) in [5, 5.41) is 20.9. The lowest BCUT2D eigenvalue weighted by Gasteiger charge is -2.07. The number of rotatable bonds is 3. The highest BCUT2D eigenvalue weighted by Crippen LogP contribution is 2.37. The minimum Gasteiger partial charge on any atom is -0.493 e. The molecule has 124 valence electrons. The van der Waals surface area contributed by atoms with E-state index in [0.717, 1.165) is 39.3 Å². The first-order valence-corrected chi connectivity index (χ1v) is 8.68. The predicted octanol–water partition coefficient (Wildman–Crippen LogP) is 0.798. The molecule has 2 heterocycles. The van der Waals surface area contributed by atoms with Crippen molar-refractivity contribution in [2.24, 2.45) is 4.99 Å². The van der Waals surface area contributed by atoms with Crippen LogP contribution in [0.4, 0.5) is 0 Å². The molecule has 0 radical (unpaired) electrons. The standard InChI is InChI=1S/C17H16N2O4S/c20-15(21)8-19-16(22)14(24-17(19)23)7-9-4-5-13-11(6-9)10-2-1-3-12(10)18-13/h4-7,10,12,22H,1-3,8H2,(H,20,21). The van der Waals surface area contributed by atoms with E-state index in [1.54, 1.807) is 6.08 Å². The van der Waals surface area contributed by atoms with Crippen molar-refractivity contribution in [2.45, 2.75) is 37.8 Å². The van der Waals surface area contributed by atoms with Crippen molar-refractivity contribution in [2.75, 3.05) is 0 Å². The first-order chi connectivity index (χ1) is 11.5. The van der Waals surface area contributed by atoms with E-state index in [1.807, 2.05) is 12.1 Å². The Hall–Kier alpha value is -2.41. The van der Waals surface area contributed by atoms with Crippen LogP contribution in [0.5, 0.6) is 5.88 Å². The Morgan fingerprint density at radius 1 is 1.42 bits per heavy atom. The summed E-state index contributed by atoms with van der Waals surface area (Å²) in [7, 11) is 0. The molecular weight excluding hydrogens is 328 g/mol. The minimum absolute atomic E-state index is 0.295. The maximum atomic E-state index is 11.8. The number of carboxylic acid groups (broad SMARTS) is 1. The fourth-order valence-electron chi connectivity index (χ4n) is 3.65. The summed E-state index contributed by atoms with van der Waals surface area (Å²) in [6.45, 7) is -0.540. The number of benzene rings is 1. The topological polar surface area (TPSA) is 91.9 Å². The highest BCUT2D eigenvalue weighted by Gasteiger charge is 2.32. The van der Waals surface area contributed by atoms with Crippen molar-refractivity contribution in [3.8, 4) is 5.88 Å². The molecule has 1 saturated carbocycles. The molecule has 0 saturated heterocycles. The van der Waals surface area contributed by atoms with Gasteiger partial charge in [0.05, 0.1) is 16.3 Å². The molecule has 1 aliphatic carbocycles. The Morgan fingerprint density at radius 2 is 2.25 bits per heavy atom. The Labute approximate surface area is 141 Å². The first-order valence-electron chi connectivity index (χ1n) is 7.87. The number of aliphatic carboxylic acids is 1.